The molecule has 0 aliphatic carbocycles. The van der Waals surface area contributed by atoms with Gasteiger partial charge < -0.3 is 27.6 Å². The van der Waals surface area contributed by atoms with E-state index in [1.807, 2.05) is 36.6 Å². The van der Waals surface area contributed by atoms with Crippen LogP contribution in [0.15, 0.2) is 30.3 Å². The van der Waals surface area contributed by atoms with Crippen molar-refractivity contribution < 1.29 is 28.5 Å². The van der Waals surface area contributed by atoms with Gasteiger partial charge in [-0.25, -0.2) is 9.00 Å². The molecule has 1 amide bonds. The minimum Gasteiger partial charge on any atom is -0.480 e. The van der Waals surface area contributed by atoms with Gasteiger partial charge in [-0.15, -0.1) is 0 Å². The Balaban J connectivity index is 0.000000681. The number of unbranched alkanes of at least 4 members (excludes halogenated alkanes) is 2. The number of carboxylic acid groups (broad SMARTS) is 1. The molecular weight excluding hydrogens is 524 g/mol. The highest BCUT2D eigenvalue weighted by Gasteiger charge is 2.25. The van der Waals surface area contributed by atoms with Crippen LogP contribution in [-0.2, 0) is 35.7 Å². The van der Waals surface area contributed by atoms with Gasteiger partial charge in [0, 0.05) is 17.9 Å². The first-order valence-corrected chi connectivity index (χ1v) is 15.1. The normalized spacial score (nSPS) is 13.0. The summed E-state index contributed by atoms with van der Waals surface area (Å²) in [6.45, 7) is 0.378. The van der Waals surface area contributed by atoms with Crippen molar-refractivity contribution in [2.75, 3.05) is 30.9 Å². The lowest BCUT2D eigenvalue weighted by Gasteiger charge is -2.13. The molecule has 0 aromatic heterocycles. The minimum absolute atomic E-state index is 0.160. The molecule has 204 valence electrons. The fraction of sp³-hybridized carbons (Fsp3) is 0.565. The quantitative estimate of drug-likeness (QED) is 0.179. The third-order valence-electron chi connectivity index (χ3n) is 4.63. The van der Waals surface area contributed by atoms with Gasteiger partial charge in [-0.3, -0.25) is 14.4 Å². The van der Waals surface area contributed by atoms with Crippen LogP contribution in [0.2, 0.25) is 0 Å². The lowest BCUT2D eigenvalue weighted by Crippen LogP contribution is -2.45. The monoisotopic (exact) mass is 562 g/mol. The number of nitrogens with two attached hydrogens (primary N) is 3. The molecule has 0 bridgehead atoms. The standard InChI is InChI=1S/C12H16N2O3S.C11H22N2O3S2/c13-6-11(15)14-10(12(16)17)8-18-7-9-4-2-1-3-5-9;1-17-8-6-9(13)11(15)18(16)10(14)5-3-2-4-7-12/h1-5,10H,6-8,13H2,(H,14,15)(H,16,17);9H,2-8,12-13H2,1H3/t10-;9-,18?/m00/s1. The van der Waals surface area contributed by atoms with Crippen LogP contribution in [0.5, 0.6) is 0 Å². The van der Waals surface area contributed by atoms with Gasteiger partial charge in [0.15, 0.2) is 10.8 Å². The highest BCUT2D eigenvalue weighted by atomic mass is 32.2. The van der Waals surface area contributed by atoms with Crippen molar-refractivity contribution >= 4 is 56.4 Å². The number of thioether (sulfide) groups is 2. The van der Waals surface area contributed by atoms with E-state index < -0.39 is 45.0 Å². The van der Waals surface area contributed by atoms with Crippen molar-refractivity contribution in [3.63, 3.8) is 0 Å². The number of benzene rings is 1. The zero-order valence-corrected chi connectivity index (χ0v) is 23.0. The summed E-state index contributed by atoms with van der Waals surface area (Å²) in [5.74, 6) is 0.244. The second-order valence-electron chi connectivity index (χ2n) is 7.61. The summed E-state index contributed by atoms with van der Waals surface area (Å²) in [6, 6.07) is 8.04. The maximum absolute atomic E-state index is 11.6. The molecule has 1 unspecified atom stereocenters. The van der Waals surface area contributed by atoms with E-state index in [0.717, 1.165) is 24.2 Å². The molecule has 10 nitrogen and oxygen atoms in total. The van der Waals surface area contributed by atoms with Gasteiger partial charge in [0.05, 0.1) is 12.6 Å². The number of hydrogen-bond acceptors (Lipinski definition) is 10. The SMILES string of the molecule is CSCC[C@H](N)C(=O)S(=O)C(=O)CCCCCN.NCC(=O)N[C@@H](CSCc1ccccc1)C(=O)O. The molecule has 1 rings (SSSR count). The Kier molecular flexibility index (Phi) is 20.3. The third kappa shape index (κ3) is 16.1. The minimum atomic E-state index is -2.09. The molecule has 0 heterocycles. The van der Waals surface area contributed by atoms with Crippen molar-refractivity contribution in [3.05, 3.63) is 35.9 Å². The summed E-state index contributed by atoms with van der Waals surface area (Å²) in [5.41, 5.74) is 17.2. The molecule has 0 saturated carbocycles. The molecular formula is C23H38N4O6S3. The van der Waals surface area contributed by atoms with Crippen LogP contribution in [0, 0.1) is 0 Å². The van der Waals surface area contributed by atoms with Crippen LogP contribution in [0.4, 0.5) is 0 Å². The molecule has 0 saturated heterocycles. The summed E-state index contributed by atoms with van der Waals surface area (Å²) >= 11 is 3.02. The van der Waals surface area contributed by atoms with E-state index in [-0.39, 0.29) is 13.0 Å². The zero-order valence-electron chi connectivity index (χ0n) is 20.6. The lowest BCUT2D eigenvalue weighted by atomic mass is 10.2. The van der Waals surface area contributed by atoms with Crippen LogP contribution in [-0.4, -0.2) is 74.4 Å². The lowest BCUT2D eigenvalue weighted by molar-refractivity contribution is -0.140. The molecule has 0 aliphatic rings. The number of carbonyl (C=O) groups excluding carboxylic acids is 3. The maximum Gasteiger partial charge on any atom is 0.327 e. The highest BCUT2D eigenvalue weighted by molar-refractivity contribution is 8.13. The summed E-state index contributed by atoms with van der Waals surface area (Å²) < 4.78 is 11.6. The van der Waals surface area contributed by atoms with Crippen molar-refractivity contribution in [1.29, 1.82) is 0 Å². The largest absolute Gasteiger partial charge is 0.480 e. The van der Waals surface area contributed by atoms with Gasteiger partial charge in [-0.05, 0) is 43.4 Å². The van der Waals surface area contributed by atoms with E-state index in [9.17, 15) is 23.4 Å². The average molecular weight is 563 g/mol. The molecule has 13 heteroatoms. The van der Waals surface area contributed by atoms with Gasteiger partial charge in [0.25, 0.3) is 0 Å². The van der Waals surface area contributed by atoms with Gasteiger partial charge in [0.1, 0.15) is 6.04 Å². The molecule has 36 heavy (non-hydrogen) atoms. The van der Waals surface area contributed by atoms with Crippen molar-refractivity contribution in [2.24, 2.45) is 17.2 Å². The number of amides is 1. The van der Waals surface area contributed by atoms with E-state index in [1.165, 1.54) is 11.8 Å². The average Bonchev–Trinajstić information content (AvgIpc) is 2.88. The summed E-state index contributed by atoms with van der Waals surface area (Å²) in [7, 11) is -2.09. The highest BCUT2D eigenvalue weighted by Crippen LogP contribution is 2.13. The fourth-order valence-electron chi connectivity index (χ4n) is 2.59. The number of nitrogens with one attached hydrogen (secondary N) is 1. The Morgan fingerprint density at radius 2 is 1.75 bits per heavy atom. The van der Waals surface area contributed by atoms with E-state index in [4.69, 9.17) is 22.3 Å². The van der Waals surface area contributed by atoms with E-state index in [2.05, 4.69) is 5.32 Å². The molecule has 3 atom stereocenters. The van der Waals surface area contributed by atoms with Crippen LogP contribution in [0.25, 0.3) is 0 Å². The molecule has 0 aliphatic heterocycles. The molecule has 8 N–H and O–H groups in total. The van der Waals surface area contributed by atoms with Gasteiger partial charge in [-0.1, -0.05) is 36.8 Å². The predicted octanol–water partition coefficient (Wildman–Crippen LogP) is 0.836. The fourth-order valence-corrected chi connectivity index (χ4v) is 5.04. The van der Waals surface area contributed by atoms with Crippen LogP contribution >= 0.6 is 23.5 Å². The van der Waals surface area contributed by atoms with Crippen molar-refractivity contribution in [2.45, 2.75) is 49.9 Å². The van der Waals surface area contributed by atoms with Crippen LogP contribution in [0.1, 0.15) is 37.7 Å². The maximum atomic E-state index is 11.6. The summed E-state index contributed by atoms with van der Waals surface area (Å²) in [6.07, 6.45) is 4.78. The Bertz CT molecular complexity index is 829. The summed E-state index contributed by atoms with van der Waals surface area (Å²) in [5, 5.41) is 10.2. The number of carboxylic acids is 1. The summed E-state index contributed by atoms with van der Waals surface area (Å²) in [4.78, 5) is 45.1. The Morgan fingerprint density at radius 1 is 1.08 bits per heavy atom. The van der Waals surface area contributed by atoms with Crippen molar-refractivity contribution in [1.82, 2.24) is 5.32 Å². The predicted molar refractivity (Wildman–Crippen MR) is 148 cm³/mol. The zero-order chi connectivity index (χ0) is 27.3. The topological polar surface area (TPSA) is 196 Å². The number of rotatable bonds is 16. The number of carbonyl (C=O) groups is 4. The molecule has 0 fully saturated rings. The number of aliphatic carboxylic acids is 1. The second-order valence-corrected chi connectivity index (χ2v) is 11.0. The Morgan fingerprint density at radius 3 is 2.31 bits per heavy atom. The molecule has 0 radical (unpaired) electrons. The van der Waals surface area contributed by atoms with E-state index >= 15 is 0 Å². The van der Waals surface area contributed by atoms with E-state index in [0.29, 0.717) is 30.9 Å². The molecule has 1 aromatic rings. The Labute approximate surface area is 223 Å². The number of hydrogen-bond donors (Lipinski definition) is 5. The van der Waals surface area contributed by atoms with Crippen LogP contribution in [0.3, 0.4) is 0 Å². The smallest absolute Gasteiger partial charge is 0.327 e. The first kappa shape index (κ1) is 34.2. The second kappa shape index (κ2) is 21.3. The molecule has 1 aromatic carbocycles. The van der Waals surface area contributed by atoms with Crippen molar-refractivity contribution in [3.8, 4) is 0 Å². The van der Waals surface area contributed by atoms with Crippen LogP contribution < -0.4 is 22.5 Å². The van der Waals surface area contributed by atoms with Gasteiger partial charge in [0.2, 0.25) is 16.1 Å². The molecule has 0 spiro atoms. The first-order chi connectivity index (χ1) is 17.2. The van der Waals surface area contributed by atoms with Gasteiger partial charge >= 0.3 is 5.97 Å². The third-order valence-corrected chi connectivity index (χ3v) is 7.66. The Hall–Kier alpha value is -1.77. The van der Waals surface area contributed by atoms with Gasteiger partial charge in [-0.2, -0.15) is 23.5 Å². The first-order valence-electron chi connectivity index (χ1n) is 11.4. The van der Waals surface area contributed by atoms with E-state index in [1.54, 1.807) is 11.8 Å².